The molecule has 0 bridgehead atoms. The Balaban J connectivity index is 1.54. The second kappa shape index (κ2) is 5.64. The van der Waals surface area contributed by atoms with Gasteiger partial charge in [-0.15, -0.1) is 11.3 Å². The van der Waals surface area contributed by atoms with Gasteiger partial charge >= 0.3 is 0 Å². The number of rotatable bonds is 5. The zero-order valence-corrected chi connectivity index (χ0v) is 11.8. The lowest BCUT2D eigenvalue weighted by Gasteiger charge is -2.09. The number of fused-ring (bicyclic) bond motifs is 1. The highest BCUT2D eigenvalue weighted by atomic mass is 32.1. The van der Waals surface area contributed by atoms with Crippen LogP contribution < -0.4 is 15.8 Å². The van der Waals surface area contributed by atoms with E-state index in [1.807, 2.05) is 24.3 Å². The average Bonchev–Trinajstić information content (AvgIpc) is 3.06. The first-order valence-electron chi connectivity index (χ1n) is 6.53. The first-order valence-corrected chi connectivity index (χ1v) is 7.41. The molecule has 1 aliphatic heterocycles. The van der Waals surface area contributed by atoms with Gasteiger partial charge in [0.25, 0.3) is 0 Å². The first kappa shape index (κ1) is 13.1. The van der Waals surface area contributed by atoms with Crippen molar-refractivity contribution in [1.82, 2.24) is 5.32 Å². The normalized spacial score (nSPS) is 16.7. The van der Waals surface area contributed by atoms with Gasteiger partial charge in [0.05, 0.1) is 12.2 Å². The standard InChI is InChI=1S/C15H16N2O2S/c16-15(18)10-5-12(20-9-10)7-17-6-11-8-19-14-4-2-1-3-13(11)14/h1-5,9,11,17H,6-8H2,(H2,16,18). The molecule has 3 rings (SSSR count). The molecule has 4 nitrogen and oxygen atoms in total. The summed E-state index contributed by atoms with van der Waals surface area (Å²) in [6.45, 7) is 2.33. The third-order valence-electron chi connectivity index (χ3n) is 3.43. The molecule has 0 radical (unpaired) electrons. The molecule has 3 N–H and O–H groups in total. The van der Waals surface area contributed by atoms with Crippen molar-refractivity contribution in [3.05, 3.63) is 51.7 Å². The molecule has 0 aliphatic carbocycles. The van der Waals surface area contributed by atoms with Crippen LogP contribution in [0.3, 0.4) is 0 Å². The summed E-state index contributed by atoms with van der Waals surface area (Å²) in [5, 5.41) is 5.21. The van der Waals surface area contributed by atoms with Gasteiger partial charge in [-0.1, -0.05) is 18.2 Å². The molecule has 1 unspecified atom stereocenters. The summed E-state index contributed by atoms with van der Waals surface area (Å²) in [6.07, 6.45) is 0. The minimum Gasteiger partial charge on any atom is -0.493 e. The number of benzene rings is 1. The lowest BCUT2D eigenvalue weighted by Crippen LogP contribution is -2.21. The van der Waals surface area contributed by atoms with E-state index in [9.17, 15) is 4.79 Å². The van der Waals surface area contributed by atoms with Crippen LogP contribution in [0.2, 0.25) is 0 Å². The molecule has 2 aromatic rings. The highest BCUT2D eigenvalue weighted by molar-refractivity contribution is 7.10. The predicted octanol–water partition coefficient (Wildman–Crippen LogP) is 2.11. The highest BCUT2D eigenvalue weighted by Crippen LogP contribution is 2.32. The van der Waals surface area contributed by atoms with E-state index in [1.54, 1.807) is 16.7 Å². The van der Waals surface area contributed by atoms with E-state index in [0.29, 0.717) is 11.5 Å². The van der Waals surface area contributed by atoms with Crippen LogP contribution in [0.1, 0.15) is 26.7 Å². The summed E-state index contributed by atoms with van der Waals surface area (Å²) in [4.78, 5) is 12.1. The van der Waals surface area contributed by atoms with Crippen molar-refractivity contribution in [1.29, 1.82) is 0 Å². The average molecular weight is 288 g/mol. The van der Waals surface area contributed by atoms with E-state index in [4.69, 9.17) is 10.5 Å². The van der Waals surface area contributed by atoms with E-state index in [-0.39, 0.29) is 5.91 Å². The van der Waals surface area contributed by atoms with E-state index in [0.717, 1.165) is 30.3 Å². The summed E-state index contributed by atoms with van der Waals surface area (Å²) in [5.41, 5.74) is 7.09. The Kier molecular flexibility index (Phi) is 3.71. The molecular weight excluding hydrogens is 272 g/mol. The van der Waals surface area contributed by atoms with E-state index >= 15 is 0 Å². The van der Waals surface area contributed by atoms with Crippen LogP contribution in [0.15, 0.2) is 35.7 Å². The van der Waals surface area contributed by atoms with Crippen molar-refractivity contribution in [2.75, 3.05) is 13.2 Å². The maximum absolute atomic E-state index is 11.0. The van der Waals surface area contributed by atoms with E-state index < -0.39 is 0 Å². The zero-order valence-electron chi connectivity index (χ0n) is 11.0. The maximum Gasteiger partial charge on any atom is 0.249 e. The molecule has 1 aliphatic rings. The molecule has 0 saturated carbocycles. The fourth-order valence-corrected chi connectivity index (χ4v) is 3.21. The molecule has 104 valence electrons. The van der Waals surface area contributed by atoms with Crippen molar-refractivity contribution < 1.29 is 9.53 Å². The summed E-state index contributed by atoms with van der Waals surface area (Å²) in [7, 11) is 0. The second-order valence-electron chi connectivity index (χ2n) is 4.84. The lowest BCUT2D eigenvalue weighted by atomic mass is 10.0. The Morgan fingerprint density at radius 3 is 3.10 bits per heavy atom. The van der Waals surface area contributed by atoms with Gasteiger partial charge in [0.2, 0.25) is 5.91 Å². The number of carbonyl (C=O) groups excluding carboxylic acids is 1. The highest BCUT2D eigenvalue weighted by Gasteiger charge is 2.22. The Hall–Kier alpha value is -1.85. The fraction of sp³-hybridized carbons (Fsp3) is 0.267. The van der Waals surface area contributed by atoms with Crippen molar-refractivity contribution in [3.63, 3.8) is 0 Å². The summed E-state index contributed by atoms with van der Waals surface area (Å²) in [6, 6.07) is 10.0. The predicted molar refractivity (Wildman–Crippen MR) is 79.2 cm³/mol. The van der Waals surface area contributed by atoms with Gasteiger partial charge in [0.1, 0.15) is 5.75 Å². The number of amides is 1. The number of ether oxygens (including phenoxy) is 1. The van der Waals surface area contributed by atoms with Gasteiger partial charge in [-0.25, -0.2) is 0 Å². The second-order valence-corrected chi connectivity index (χ2v) is 5.84. The van der Waals surface area contributed by atoms with Crippen LogP contribution >= 0.6 is 11.3 Å². The minimum atomic E-state index is -0.370. The summed E-state index contributed by atoms with van der Waals surface area (Å²) in [5.74, 6) is 1.01. The molecular formula is C15H16N2O2S. The smallest absolute Gasteiger partial charge is 0.249 e. The van der Waals surface area contributed by atoms with Gasteiger partial charge in [-0.05, 0) is 12.1 Å². The van der Waals surface area contributed by atoms with Crippen molar-refractivity contribution in [3.8, 4) is 5.75 Å². The van der Waals surface area contributed by atoms with Gasteiger partial charge in [-0.3, -0.25) is 4.79 Å². The van der Waals surface area contributed by atoms with Gasteiger partial charge < -0.3 is 15.8 Å². The molecule has 0 saturated heterocycles. The molecule has 1 amide bonds. The van der Waals surface area contributed by atoms with E-state index in [2.05, 4.69) is 11.4 Å². The topological polar surface area (TPSA) is 64.4 Å². The Morgan fingerprint density at radius 2 is 2.30 bits per heavy atom. The molecule has 0 spiro atoms. The van der Waals surface area contributed by atoms with Crippen molar-refractivity contribution in [2.24, 2.45) is 5.73 Å². The maximum atomic E-state index is 11.0. The molecule has 1 atom stereocenters. The fourth-order valence-electron chi connectivity index (χ4n) is 2.37. The van der Waals surface area contributed by atoms with Gasteiger partial charge in [0, 0.05) is 34.8 Å². The van der Waals surface area contributed by atoms with Crippen LogP contribution in [0.25, 0.3) is 0 Å². The van der Waals surface area contributed by atoms with Crippen LogP contribution in [0.5, 0.6) is 5.75 Å². The number of nitrogens with one attached hydrogen (secondary N) is 1. The molecule has 0 fully saturated rings. The third kappa shape index (κ3) is 2.69. The van der Waals surface area contributed by atoms with Crippen molar-refractivity contribution in [2.45, 2.75) is 12.5 Å². The third-order valence-corrected chi connectivity index (χ3v) is 4.36. The summed E-state index contributed by atoms with van der Waals surface area (Å²) >= 11 is 1.55. The number of nitrogens with two attached hydrogens (primary N) is 1. The summed E-state index contributed by atoms with van der Waals surface area (Å²) < 4.78 is 5.65. The number of thiophene rings is 1. The number of primary amides is 1. The molecule has 1 aromatic heterocycles. The quantitative estimate of drug-likeness (QED) is 0.885. The Labute approximate surface area is 121 Å². The van der Waals surface area contributed by atoms with Gasteiger partial charge in [0.15, 0.2) is 0 Å². The molecule has 2 heterocycles. The number of hydrogen-bond donors (Lipinski definition) is 2. The molecule has 1 aromatic carbocycles. The van der Waals surface area contributed by atoms with Crippen LogP contribution in [0, 0.1) is 0 Å². The molecule has 5 heteroatoms. The van der Waals surface area contributed by atoms with Crippen LogP contribution in [-0.2, 0) is 6.54 Å². The van der Waals surface area contributed by atoms with E-state index in [1.165, 1.54) is 5.56 Å². The number of hydrogen-bond acceptors (Lipinski definition) is 4. The van der Waals surface area contributed by atoms with Crippen LogP contribution in [0.4, 0.5) is 0 Å². The SMILES string of the molecule is NC(=O)c1csc(CNCC2COc3ccccc32)c1. The zero-order chi connectivity index (χ0) is 13.9. The van der Waals surface area contributed by atoms with Crippen LogP contribution in [-0.4, -0.2) is 19.1 Å². The first-order chi connectivity index (χ1) is 9.74. The molecule has 20 heavy (non-hydrogen) atoms. The lowest BCUT2D eigenvalue weighted by molar-refractivity contribution is 0.100. The minimum absolute atomic E-state index is 0.370. The van der Waals surface area contributed by atoms with Crippen molar-refractivity contribution >= 4 is 17.2 Å². The largest absolute Gasteiger partial charge is 0.493 e. The monoisotopic (exact) mass is 288 g/mol. The number of carbonyl (C=O) groups is 1. The van der Waals surface area contributed by atoms with Gasteiger partial charge in [-0.2, -0.15) is 0 Å². The number of para-hydroxylation sites is 1. The Bertz CT molecular complexity index is 624. The Morgan fingerprint density at radius 1 is 1.45 bits per heavy atom.